The van der Waals surface area contributed by atoms with E-state index in [0.29, 0.717) is 12.8 Å². The fraction of sp³-hybridized carbons (Fsp3) is 0.385. The number of carbonyl (C=O) groups is 2. The topological polar surface area (TPSA) is 58.2 Å². The molecule has 2 N–H and O–H groups in total. The lowest BCUT2D eigenvalue weighted by molar-refractivity contribution is -0.128. The van der Waals surface area contributed by atoms with Crippen molar-refractivity contribution in [1.82, 2.24) is 10.6 Å². The van der Waals surface area contributed by atoms with Gasteiger partial charge >= 0.3 is 0 Å². The van der Waals surface area contributed by atoms with E-state index in [1.807, 2.05) is 30.3 Å². The van der Waals surface area contributed by atoms with Crippen molar-refractivity contribution in [2.24, 2.45) is 0 Å². The summed E-state index contributed by atoms with van der Waals surface area (Å²) in [7, 11) is 1.57. The summed E-state index contributed by atoms with van der Waals surface area (Å²) < 4.78 is 0. The summed E-state index contributed by atoms with van der Waals surface area (Å²) in [5, 5.41) is 5.28. The van der Waals surface area contributed by atoms with Gasteiger partial charge in [-0.2, -0.15) is 0 Å². The van der Waals surface area contributed by atoms with Crippen LogP contribution >= 0.6 is 0 Å². The van der Waals surface area contributed by atoms with Gasteiger partial charge in [-0.15, -0.1) is 0 Å². The molecule has 2 amide bonds. The summed E-state index contributed by atoms with van der Waals surface area (Å²) in [5.41, 5.74) is 1.03. The normalized spacial score (nSPS) is 11.6. The Hall–Kier alpha value is -1.84. The van der Waals surface area contributed by atoms with Crippen LogP contribution in [0.15, 0.2) is 30.3 Å². The van der Waals surface area contributed by atoms with Crippen molar-refractivity contribution in [2.75, 3.05) is 7.05 Å². The van der Waals surface area contributed by atoms with Crippen LogP contribution in [0.1, 0.15) is 18.9 Å². The predicted molar refractivity (Wildman–Crippen MR) is 66.4 cm³/mol. The first-order valence-corrected chi connectivity index (χ1v) is 5.72. The van der Waals surface area contributed by atoms with Gasteiger partial charge in [0.25, 0.3) is 0 Å². The van der Waals surface area contributed by atoms with Crippen molar-refractivity contribution in [1.29, 1.82) is 0 Å². The van der Waals surface area contributed by atoms with Crippen LogP contribution in [-0.2, 0) is 16.0 Å². The lowest BCUT2D eigenvalue weighted by Gasteiger charge is -2.16. The molecule has 0 unspecified atom stereocenters. The summed E-state index contributed by atoms with van der Waals surface area (Å²) in [4.78, 5) is 23.0. The van der Waals surface area contributed by atoms with Gasteiger partial charge in [-0.25, -0.2) is 0 Å². The van der Waals surface area contributed by atoms with Crippen LogP contribution < -0.4 is 10.6 Å². The maximum atomic E-state index is 11.6. The molecular weight excluding hydrogens is 216 g/mol. The average molecular weight is 234 g/mol. The third-order valence-corrected chi connectivity index (χ3v) is 2.50. The highest BCUT2D eigenvalue weighted by molar-refractivity contribution is 5.87. The van der Waals surface area contributed by atoms with Crippen molar-refractivity contribution in [3.05, 3.63) is 35.9 Å². The lowest BCUT2D eigenvalue weighted by atomic mass is 10.1. The second-order valence-electron chi connectivity index (χ2n) is 3.78. The first kappa shape index (κ1) is 13.2. The molecule has 17 heavy (non-hydrogen) atoms. The van der Waals surface area contributed by atoms with Gasteiger partial charge in [-0.3, -0.25) is 9.59 Å². The lowest BCUT2D eigenvalue weighted by Crippen LogP contribution is -2.46. The highest BCUT2D eigenvalue weighted by Gasteiger charge is 2.18. The standard InChI is InChI=1S/C13H18N2O2/c1-3-12(16)15-11(13(17)14-2)9-10-7-5-4-6-8-10/h4-8,11H,3,9H2,1-2H3,(H,14,17)(H,15,16)/t11-/m0/s1. The second-order valence-corrected chi connectivity index (χ2v) is 3.78. The van der Waals surface area contributed by atoms with E-state index in [-0.39, 0.29) is 11.8 Å². The molecule has 0 fully saturated rings. The van der Waals surface area contributed by atoms with E-state index in [2.05, 4.69) is 10.6 Å². The maximum absolute atomic E-state index is 11.6. The van der Waals surface area contributed by atoms with E-state index in [9.17, 15) is 9.59 Å². The Bertz CT molecular complexity index is 376. The van der Waals surface area contributed by atoms with Crippen molar-refractivity contribution >= 4 is 11.8 Å². The molecule has 4 heteroatoms. The van der Waals surface area contributed by atoms with Gasteiger partial charge in [0.2, 0.25) is 11.8 Å². The summed E-state index contributed by atoms with van der Waals surface area (Å²) in [5.74, 6) is -0.287. The Kier molecular flexibility index (Phi) is 5.20. The van der Waals surface area contributed by atoms with Crippen LogP contribution in [0, 0.1) is 0 Å². The van der Waals surface area contributed by atoms with Gasteiger partial charge in [0.05, 0.1) is 0 Å². The first-order valence-electron chi connectivity index (χ1n) is 5.72. The molecule has 0 heterocycles. The highest BCUT2D eigenvalue weighted by atomic mass is 16.2. The van der Waals surface area contributed by atoms with Crippen molar-refractivity contribution < 1.29 is 9.59 Å². The van der Waals surface area contributed by atoms with E-state index >= 15 is 0 Å². The third kappa shape index (κ3) is 4.26. The van der Waals surface area contributed by atoms with Crippen LogP contribution in [-0.4, -0.2) is 24.9 Å². The number of hydrogen-bond acceptors (Lipinski definition) is 2. The monoisotopic (exact) mass is 234 g/mol. The molecular formula is C13H18N2O2. The van der Waals surface area contributed by atoms with Gasteiger partial charge in [-0.05, 0) is 5.56 Å². The molecule has 0 aliphatic rings. The smallest absolute Gasteiger partial charge is 0.242 e. The van der Waals surface area contributed by atoms with Crippen LogP contribution in [0.4, 0.5) is 0 Å². The number of carbonyl (C=O) groups excluding carboxylic acids is 2. The van der Waals surface area contributed by atoms with Gasteiger partial charge in [0.15, 0.2) is 0 Å². The van der Waals surface area contributed by atoms with Crippen LogP contribution in [0.25, 0.3) is 0 Å². The van der Waals surface area contributed by atoms with Gasteiger partial charge in [0, 0.05) is 19.9 Å². The number of nitrogens with one attached hydrogen (secondary N) is 2. The summed E-state index contributed by atoms with van der Waals surface area (Å²) >= 11 is 0. The fourth-order valence-electron chi connectivity index (χ4n) is 1.53. The quantitative estimate of drug-likeness (QED) is 0.794. The zero-order chi connectivity index (χ0) is 12.7. The van der Waals surface area contributed by atoms with Crippen molar-refractivity contribution in [3.63, 3.8) is 0 Å². The Balaban J connectivity index is 2.70. The SMILES string of the molecule is CCC(=O)N[C@@H](Cc1ccccc1)C(=O)NC. The van der Waals surface area contributed by atoms with Gasteiger partial charge in [-0.1, -0.05) is 37.3 Å². The number of rotatable bonds is 5. The van der Waals surface area contributed by atoms with Crippen LogP contribution in [0.2, 0.25) is 0 Å². The zero-order valence-electron chi connectivity index (χ0n) is 10.2. The van der Waals surface area contributed by atoms with E-state index in [4.69, 9.17) is 0 Å². The molecule has 1 atom stereocenters. The van der Waals surface area contributed by atoms with E-state index in [0.717, 1.165) is 5.56 Å². The molecule has 1 aromatic rings. The van der Waals surface area contributed by atoms with Crippen molar-refractivity contribution in [2.45, 2.75) is 25.8 Å². The average Bonchev–Trinajstić information content (AvgIpc) is 2.38. The first-order chi connectivity index (χ1) is 8.17. The molecule has 0 radical (unpaired) electrons. The van der Waals surface area contributed by atoms with E-state index in [1.54, 1.807) is 14.0 Å². The second kappa shape index (κ2) is 6.68. The Morgan fingerprint density at radius 1 is 1.24 bits per heavy atom. The summed E-state index contributed by atoms with van der Waals surface area (Å²) in [6.45, 7) is 1.76. The minimum atomic E-state index is -0.505. The molecule has 0 saturated carbocycles. The van der Waals surface area contributed by atoms with Crippen LogP contribution in [0.3, 0.4) is 0 Å². The molecule has 1 aromatic carbocycles. The molecule has 0 bridgehead atoms. The summed E-state index contributed by atoms with van der Waals surface area (Å²) in [6, 6.07) is 9.12. The Morgan fingerprint density at radius 3 is 2.41 bits per heavy atom. The zero-order valence-corrected chi connectivity index (χ0v) is 10.2. The third-order valence-electron chi connectivity index (χ3n) is 2.50. The molecule has 0 aliphatic heterocycles. The number of benzene rings is 1. The number of amides is 2. The molecule has 0 aliphatic carbocycles. The fourth-order valence-corrected chi connectivity index (χ4v) is 1.53. The van der Waals surface area contributed by atoms with Gasteiger partial charge < -0.3 is 10.6 Å². The number of likely N-dealkylation sites (N-methyl/N-ethyl adjacent to an activating group) is 1. The molecule has 0 aromatic heterocycles. The molecule has 0 saturated heterocycles. The predicted octanol–water partition coefficient (Wildman–Crippen LogP) is 0.870. The van der Waals surface area contributed by atoms with E-state index in [1.165, 1.54) is 0 Å². The molecule has 0 spiro atoms. The largest absolute Gasteiger partial charge is 0.357 e. The summed E-state index contributed by atoms with van der Waals surface area (Å²) in [6.07, 6.45) is 0.883. The Morgan fingerprint density at radius 2 is 1.88 bits per heavy atom. The Labute approximate surface area is 101 Å². The number of hydrogen-bond donors (Lipinski definition) is 2. The molecule has 4 nitrogen and oxygen atoms in total. The highest BCUT2D eigenvalue weighted by Crippen LogP contribution is 2.03. The minimum Gasteiger partial charge on any atom is -0.357 e. The molecule has 1 rings (SSSR count). The molecule has 92 valence electrons. The maximum Gasteiger partial charge on any atom is 0.242 e. The minimum absolute atomic E-state index is 0.116. The van der Waals surface area contributed by atoms with Crippen molar-refractivity contribution in [3.8, 4) is 0 Å². The van der Waals surface area contributed by atoms with Gasteiger partial charge in [0.1, 0.15) is 6.04 Å². The van der Waals surface area contributed by atoms with Crippen LogP contribution in [0.5, 0.6) is 0 Å². The van der Waals surface area contributed by atoms with E-state index < -0.39 is 6.04 Å².